The highest BCUT2D eigenvalue weighted by molar-refractivity contribution is 5.93. The molecule has 3 heterocycles. The Bertz CT molecular complexity index is 598. The molecule has 2 aromatic rings. The highest BCUT2D eigenvalue weighted by Gasteiger charge is 2.32. The Morgan fingerprint density at radius 1 is 1.42 bits per heavy atom. The van der Waals surface area contributed by atoms with E-state index in [1.54, 1.807) is 4.68 Å². The first-order valence-corrected chi connectivity index (χ1v) is 6.57. The Balaban J connectivity index is 1.88. The van der Waals surface area contributed by atoms with E-state index < -0.39 is 0 Å². The first kappa shape index (κ1) is 12.0. The number of hydrogen-bond donors (Lipinski definition) is 0. The van der Waals surface area contributed by atoms with Crippen molar-refractivity contribution in [1.82, 2.24) is 19.2 Å². The molecule has 0 saturated carbocycles. The van der Waals surface area contributed by atoms with Crippen molar-refractivity contribution in [3.8, 4) is 0 Å². The van der Waals surface area contributed by atoms with Crippen molar-refractivity contribution in [3.05, 3.63) is 42.0 Å². The summed E-state index contributed by atoms with van der Waals surface area (Å²) in [6, 6.07) is 3.94. The number of nitrogens with zero attached hydrogens (tertiary/aromatic N) is 4. The summed E-state index contributed by atoms with van der Waals surface area (Å²) in [6.07, 6.45) is 7.84. The second kappa shape index (κ2) is 4.57. The normalized spacial score (nSPS) is 19.1. The molecule has 100 valence electrons. The van der Waals surface area contributed by atoms with Crippen molar-refractivity contribution in [2.24, 2.45) is 14.1 Å². The Hall–Kier alpha value is -2.04. The van der Waals surface area contributed by atoms with Gasteiger partial charge in [0.05, 0.1) is 12.2 Å². The number of likely N-dealkylation sites (tertiary alicyclic amines) is 1. The highest BCUT2D eigenvalue weighted by Crippen LogP contribution is 2.32. The number of aromatic nitrogens is 3. The van der Waals surface area contributed by atoms with Gasteiger partial charge in [-0.15, -0.1) is 0 Å². The van der Waals surface area contributed by atoms with Crippen LogP contribution in [0, 0.1) is 0 Å². The predicted octanol–water partition coefficient (Wildman–Crippen LogP) is 1.74. The third kappa shape index (κ3) is 2.05. The molecule has 0 N–H and O–H groups in total. The van der Waals surface area contributed by atoms with Gasteiger partial charge in [-0.05, 0) is 25.0 Å². The van der Waals surface area contributed by atoms with Crippen LogP contribution < -0.4 is 0 Å². The van der Waals surface area contributed by atoms with Crippen molar-refractivity contribution in [3.63, 3.8) is 0 Å². The first-order valence-electron chi connectivity index (χ1n) is 6.57. The van der Waals surface area contributed by atoms with E-state index >= 15 is 0 Å². The third-order valence-corrected chi connectivity index (χ3v) is 3.79. The van der Waals surface area contributed by atoms with E-state index in [4.69, 9.17) is 0 Å². The molecule has 0 bridgehead atoms. The molecule has 1 aliphatic heterocycles. The van der Waals surface area contributed by atoms with Gasteiger partial charge in [-0.2, -0.15) is 5.10 Å². The average Bonchev–Trinajstić information content (AvgIpc) is 3.07. The summed E-state index contributed by atoms with van der Waals surface area (Å²) in [7, 11) is 3.81. The lowest BCUT2D eigenvalue weighted by Gasteiger charge is -2.24. The molecule has 0 aromatic carbocycles. The van der Waals surface area contributed by atoms with Gasteiger partial charge in [0.15, 0.2) is 0 Å². The summed E-state index contributed by atoms with van der Waals surface area (Å²) in [5, 5.41) is 4.21. The maximum Gasteiger partial charge on any atom is 0.270 e. The molecule has 2 aromatic heterocycles. The molecule has 0 unspecified atom stereocenters. The number of carbonyl (C=O) groups excluding carboxylic acids is 1. The summed E-state index contributed by atoms with van der Waals surface area (Å²) < 4.78 is 3.67. The molecular formula is C14H18N4O. The van der Waals surface area contributed by atoms with Crippen LogP contribution in [0.4, 0.5) is 0 Å². The second-order valence-corrected chi connectivity index (χ2v) is 5.11. The summed E-state index contributed by atoms with van der Waals surface area (Å²) in [6.45, 7) is 0.823. The van der Waals surface area contributed by atoms with Gasteiger partial charge < -0.3 is 9.47 Å². The number of rotatable bonds is 2. The standard InChI is InChI=1S/C14H18N4O/c1-16-7-3-6-13(16)14(19)18-8-4-5-12(18)11-9-15-17(2)10-11/h3,6-7,9-10,12H,4-5,8H2,1-2H3/t12-/m0/s1. The Morgan fingerprint density at radius 3 is 2.89 bits per heavy atom. The molecule has 1 atom stereocenters. The fourth-order valence-electron chi connectivity index (χ4n) is 2.80. The molecule has 3 rings (SSSR count). The van der Waals surface area contributed by atoms with E-state index in [0.29, 0.717) is 0 Å². The van der Waals surface area contributed by atoms with Crippen molar-refractivity contribution >= 4 is 5.91 Å². The van der Waals surface area contributed by atoms with E-state index in [-0.39, 0.29) is 11.9 Å². The predicted molar refractivity (Wildman–Crippen MR) is 71.6 cm³/mol. The molecule has 19 heavy (non-hydrogen) atoms. The maximum absolute atomic E-state index is 12.6. The van der Waals surface area contributed by atoms with Gasteiger partial charge in [0.2, 0.25) is 0 Å². The molecule has 5 nitrogen and oxygen atoms in total. The molecule has 0 spiro atoms. The smallest absolute Gasteiger partial charge is 0.270 e. The zero-order chi connectivity index (χ0) is 13.4. The van der Waals surface area contributed by atoms with Crippen LogP contribution in [0.2, 0.25) is 0 Å². The van der Waals surface area contributed by atoms with Gasteiger partial charge in [0.25, 0.3) is 5.91 Å². The fourth-order valence-corrected chi connectivity index (χ4v) is 2.80. The molecule has 1 fully saturated rings. The van der Waals surface area contributed by atoms with E-state index in [1.807, 2.05) is 54.3 Å². The molecule has 5 heteroatoms. The van der Waals surface area contributed by atoms with Gasteiger partial charge in [-0.3, -0.25) is 9.48 Å². The maximum atomic E-state index is 12.6. The van der Waals surface area contributed by atoms with Crippen LogP contribution >= 0.6 is 0 Å². The number of hydrogen-bond acceptors (Lipinski definition) is 2. The minimum absolute atomic E-state index is 0.110. The van der Waals surface area contributed by atoms with Crippen LogP contribution in [-0.2, 0) is 14.1 Å². The monoisotopic (exact) mass is 258 g/mol. The topological polar surface area (TPSA) is 43.1 Å². The zero-order valence-corrected chi connectivity index (χ0v) is 11.3. The van der Waals surface area contributed by atoms with Crippen LogP contribution in [0.5, 0.6) is 0 Å². The van der Waals surface area contributed by atoms with Crippen molar-refractivity contribution in [2.75, 3.05) is 6.54 Å². The highest BCUT2D eigenvalue weighted by atomic mass is 16.2. The van der Waals surface area contributed by atoms with Crippen LogP contribution in [0.1, 0.15) is 34.9 Å². The van der Waals surface area contributed by atoms with Crippen LogP contribution in [0.3, 0.4) is 0 Å². The number of amides is 1. The van der Waals surface area contributed by atoms with Gasteiger partial charge in [0.1, 0.15) is 5.69 Å². The van der Waals surface area contributed by atoms with E-state index in [0.717, 1.165) is 30.6 Å². The van der Waals surface area contributed by atoms with E-state index in [2.05, 4.69) is 5.10 Å². The SMILES string of the molecule is Cn1cc([C@@H]2CCCN2C(=O)c2cccn2C)cn1. The van der Waals surface area contributed by atoms with E-state index in [9.17, 15) is 4.79 Å². The van der Waals surface area contributed by atoms with Crippen molar-refractivity contribution in [2.45, 2.75) is 18.9 Å². The molecule has 0 radical (unpaired) electrons. The third-order valence-electron chi connectivity index (χ3n) is 3.79. The first-order chi connectivity index (χ1) is 9.16. The molecule has 1 amide bonds. The number of aryl methyl sites for hydroxylation is 2. The van der Waals surface area contributed by atoms with E-state index in [1.165, 1.54) is 0 Å². The Labute approximate surface area is 112 Å². The minimum Gasteiger partial charge on any atom is -0.347 e. The summed E-state index contributed by atoms with van der Waals surface area (Å²) in [5.41, 5.74) is 1.87. The summed E-state index contributed by atoms with van der Waals surface area (Å²) in [5.74, 6) is 0.110. The van der Waals surface area contributed by atoms with Crippen LogP contribution in [0.25, 0.3) is 0 Å². The zero-order valence-electron chi connectivity index (χ0n) is 11.3. The minimum atomic E-state index is 0.110. The Morgan fingerprint density at radius 2 is 2.26 bits per heavy atom. The van der Waals surface area contributed by atoms with Crippen molar-refractivity contribution in [1.29, 1.82) is 0 Å². The quantitative estimate of drug-likeness (QED) is 0.823. The largest absolute Gasteiger partial charge is 0.347 e. The van der Waals surface area contributed by atoms with Crippen molar-refractivity contribution < 1.29 is 4.79 Å². The average molecular weight is 258 g/mol. The summed E-state index contributed by atoms with van der Waals surface area (Å²) in [4.78, 5) is 14.6. The molecule has 1 saturated heterocycles. The number of carbonyl (C=O) groups is 1. The fraction of sp³-hybridized carbons (Fsp3) is 0.429. The van der Waals surface area contributed by atoms with Gasteiger partial charge in [0, 0.05) is 38.6 Å². The van der Waals surface area contributed by atoms with Crippen LogP contribution in [-0.4, -0.2) is 31.7 Å². The molecular weight excluding hydrogens is 240 g/mol. The van der Waals surface area contributed by atoms with Crippen LogP contribution in [0.15, 0.2) is 30.7 Å². The molecule has 1 aliphatic rings. The lowest BCUT2D eigenvalue weighted by molar-refractivity contribution is 0.0726. The lowest BCUT2D eigenvalue weighted by Crippen LogP contribution is -2.31. The Kier molecular flexibility index (Phi) is 2.89. The second-order valence-electron chi connectivity index (χ2n) is 5.11. The molecule has 0 aliphatic carbocycles. The summed E-state index contributed by atoms with van der Waals surface area (Å²) >= 11 is 0. The lowest BCUT2D eigenvalue weighted by atomic mass is 10.1. The van der Waals surface area contributed by atoms with Gasteiger partial charge >= 0.3 is 0 Å². The van der Waals surface area contributed by atoms with Gasteiger partial charge in [-0.1, -0.05) is 0 Å². The van der Waals surface area contributed by atoms with Gasteiger partial charge in [-0.25, -0.2) is 0 Å².